The summed E-state index contributed by atoms with van der Waals surface area (Å²) in [4.78, 5) is 29.9. The molecule has 0 unspecified atom stereocenters. The predicted molar refractivity (Wildman–Crippen MR) is 113 cm³/mol. The number of benzene rings is 2. The molecule has 0 fully saturated rings. The number of amides is 2. The molecule has 2 aromatic carbocycles. The van der Waals surface area contributed by atoms with E-state index in [0.717, 1.165) is 0 Å². The number of anilines is 1. The number of hydrogen-bond acceptors (Lipinski definition) is 4. The summed E-state index contributed by atoms with van der Waals surface area (Å²) in [5, 5.41) is 9.27. The van der Waals surface area contributed by atoms with Crippen LogP contribution in [0.3, 0.4) is 0 Å². The van der Waals surface area contributed by atoms with Crippen molar-refractivity contribution < 1.29 is 4.79 Å². The van der Waals surface area contributed by atoms with Gasteiger partial charge in [-0.25, -0.2) is 9.78 Å². The third-order valence-electron chi connectivity index (χ3n) is 4.39. The first-order valence-electron chi connectivity index (χ1n) is 9.00. The fourth-order valence-corrected chi connectivity index (χ4v) is 3.18. The van der Waals surface area contributed by atoms with Crippen LogP contribution in [0.5, 0.6) is 0 Å². The highest BCUT2D eigenvalue weighted by molar-refractivity contribution is 6.35. The summed E-state index contributed by atoms with van der Waals surface area (Å²) < 4.78 is 1.53. The van der Waals surface area contributed by atoms with Crippen molar-refractivity contribution in [2.24, 2.45) is 0 Å². The van der Waals surface area contributed by atoms with Gasteiger partial charge in [0, 0.05) is 12.2 Å². The third kappa shape index (κ3) is 3.85. The van der Waals surface area contributed by atoms with E-state index >= 15 is 0 Å². The Balaban J connectivity index is 2.22. The number of hydrogen-bond donors (Lipinski definition) is 3. The quantitative estimate of drug-likeness (QED) is 0.613. The van der Waals surface area contributed by atoms with Gasteiger partial charge in [0.2, 0.25) is 0 Å². The maximum Gasteiger partial charge on any atom is 0.319 e. The zero-order valence-corrected chi connectivity index (χ0v) is 16.7. The highest BCUT2D eigenvalue weighted by Gasteiger charge is 2.18. The molecule has 0 saturated carbocycles. The van der Waals surface area contributed by atoms with Gasteiger partial charge in [0.05, 0.1) is 27.7 Å². The number of nitrogens with one attached hydrogen (secondary N) is 3. The van der Waals surface area contributed by atoms with Crippen molar-refractivity contribution in [1.29, 1.82) is 0 Å². The second-order valence-corrected chi connectivity index (χ2v) is 6.70. The van der Waals surface area contributed by atoms with E-state index in [1.807, 2.05) is 13.8 Å². The molecular weight excluding hydrogens is 378 g/mol. The van der Waals surface area contributed by atoms with Gasteiger partial charge in [-0.1, -0.05) is 23.7 Å². The van der Waals surface area contributed by atoms with Crippen molar-refractivity contribution in [2.45, 2.75) is 19.9 Å². The van der Waals surface area contributed by atoms with Gasteiger partial charge in [-0.3, -0.25) is 9.36 Å². The van der Waals surface area contributed by atoms with Crippen LogP contribution in [0.2, 0.25) is 5.02 Å². The minimum Gasteiger partial charge on any atom is -0.338 e. The number of nitrogens with zero attached hydrogens (tertiary/aromatic N) is 2. The molecule has 0 aliphatic heterocycles. The summed E-state index contributed by atoms with van der Waals surface area (Å²) in [5.41, 5.74) is 1.44. The van der Waals surface area contributed by atoms with Crippen LogP contribution in [0.1, 0.15) is 25.7 Å². The molecule has 0 saturated heterocycles. The molecule has 1 heterocycles. The van der Waals surface area contributed by atoms with Crippen molar-refractivity contribution in [2.75, 3.05) is 18.9 Å². The molecule has 0 aliphatic rings. The van der Waals surface area contributed by atoms with Crippen molar-refractivity contribution in [3.63, 3.8) is 0 Å². The summed E-state index contributed by atoms with van der Waals surface area (Å²) in [6.45, 7) is 4.28. The molecular formula is C20H22ClN5O2. The topological polar surface area (TPSA) is 88.1 Å². The van der Waals surface area contributed by atoms with E-state index in [9.17, 15) is 9.59 Å². The summed E-state index contributed by atoms with van der Waals surface area (Å²) in [6.07, 6.45) is 0. The summed E-state index contributed by atoms with van der Waals surface area (Å²) in [7, 11) is 1.80. The van der Waals surface area contributed by atoms with E-state index in [1.54, 1.807) is 49.5 Å². The van der Waals surface area contributed by atoms with E-state index in [2.05, 4.69) is 20.9 Å². The van der Waals surface area contributed by atoms with Crippen LogP contribution < -0.4 is 21.5 Å². The van der Waals surface area contributed by atoms with E-state index in [-0.39, 0.29) is 17.6 Å². The smallest absolute Gasteiger partial charge is 0.319 e. The predicted octanol–water partition coefficient (Wildman–Crippen LogP) is 3.46. The first kappa shape index (κ1) is 19.9. The van der Waals surface area contributed by atoms with Crippen molar-refractivity contribution in [1.82, 2.24) is 20.2 Å². The Morgan fingerprint density at radius 1 is 1.25 bits per heavy atom. The fraction of sp³-hybridized carbons (Fsp3) is 0.250. The summed E-state index contributed by atoms with van der Waals surface area (Å²) >= 11 is 6.29. The molecule has 7 nitrogen and oxygen atoms in total. The van der Waals surface area contributed by atoms with Crippen molar-refractivity contribution in [3.05, 3.63) is 63.7 Å². The van der Waals surface area contributed by atoms with Gasteiger partial charge in [0.15, 0.2) is 0 Å². The Hall–Kier alpha value is -2.90. The van der Waals surface area contributed by atoms with Crippen LogP contribution in [0, 0.1) is 0 Å². The van der Waals surface area contributed by atoms with Crippen LogP contribution in [-0.4, -0.2) is 29.2 Å². The number of urea groups is 1. The molecule has 3 N–H and O–H groups in total. The minimum atomic E-state index is -0.310. The Bertz CT molecular complexity index is 1080. The number of carbonyl (C=O) groups excluding carboxylic acids is 1. The molecule has 0 bridgehead atoms. The highest BCUT2D eigenvalue weighted by Crippen LogP contribution is 2.23. The summed E-state index contributed by atoms with van der Waals surface area (Å²) in [6, 6.07) is 11.8. The number of rotatable bonds is 5. The molecule has 3 rings (SSSR count). The lowest BCUT2D eigenvalue weighted by atomic mass is 10.2. The van der Waals surface area contributed by atoms with Crippen LogP contribution in [0.4, 0.5) is 10.5 Å². The molecule has 28 heavy (non-hydrogen) atoms. The van der Waals surface area contributed by atoms with E-state index in [1.165, 1.54) is 4.57 Å². The highest BCUT2D eigenvalue weighted by atomic mass is 35.5. The second kappa shape index (κ2) is 8.41. The van der Waals surface area contributed by atoms with Crippen LogP contribution in [0.25, 0.3) is 16.6 Å². The first-order valence-corrected chi connectivity index (χ1v) is 9.37. The largest absolute Gasteiger partial charge is 0.338 e. The zero-order valence-electron chi connectivity index (χ0n) is 15.9. The molecule has 2 amide bonds. The van der Waals surface area contributed by atoms with E-state index < -0.39 is 0 Å². The summed E-state index contributed by atoms with van der Waals surface area (Å²) in [5.74, 6) is 0.553. The molecule has 0 radical (unpaired) electrons. The lowest BCUT2D eigenvalue weighted by molar-refractivity contribution is 0.252. The molecule has 0 aliphatic carbocycles. The average molecular weight is 400 g/mol. The van der Waals surface area contributed by atoms with Gasteiger partial charge in [-0.2, -0.15) is 0 Å². The molecule has 3 aromatic rings. The molecule has 8 heteroatoms. The van der Waals surface area contributed by atoms with Crippen molar-refractivity contribution in [3.8, 4) is 5.69 Å². The van der Waals surface area contributed by atoms with Gasteiger partial charge >= 0.3 is 6.03 Å². The SMILES string of the molecule is CCNC(=O)Nc1cccc(-n2c([C@H](C)NC)nc3cccc(Cl)c3c2=O)c1. The number of carbonyl (C=O) groups is 1. The lowest BCUT2D eigenvalue weighted by Crippen LogP contribution is -2.30. The number of halogens is 1. The first-order chi connectivity index (χ1) is 13.5. The Labute approximate surface area is 167 Å². The maximum absolute atomic E-state index is 13.3. The minimum absolute atomic E-state index is 0.184. The average Bonchev–Trinajstić information content (AvgIpc) is 2.67. The van der Waals surface area contributed by atoms with Crippen LogP contribution >= 0.6 is 11.6 Å². The van der Waals surface area contributed by atoms with Gasteiger partial charge in [-0.05, 0) is 51.2 Å². The van der Waals surface area contributed by atoms with Gasteiger partial charge in [0.1, 0.15) is 5.82 Å². The standard InChI is InChI=1S/C20H22ClN5O2/c1-4-23-20(28)24-13-7-5-8-14(11-13)26-18(12(2)22-3)25-16-10-6-9-15(21)17(16)19(26)27/h5-12,22H,4H2,1-3H3,(H2,23,24,28)/t12-/m0/s1. The molecule has 146 valence electrons. The third-order valence-corrected chi connectivity index (χ3v) is 4.71. The Kier molecular flexibility index (Phi) is 5.96. The van der Waals surface area contributed by atoms with Gasteiger partial charge in [0.25, 0.3) is 5.56 Å². The van der Waals surface area contributed by atoms with E-state index in [0.29, 0.717) is 39.7 Å². The van der Waals surface area contributed by atoms with Gasteiger partial charge < -0.3 is 16.0 Å². The number of fused-ring (bicyclic) bond motifs is 1. The monoisotopic (exact) mass is 399 g/mol. The fourth-order valence-electron chi connectivity index (χ4n) is 2.93. The number of aromatic nitrogens is 2. The Morgan fingerprint density at radius 2 is 2.00 bits per heavy atom. The Morgan fingerprint density at radius 3 is 2.71 bits per heavy atom. The van der Waals surface area contributed by atoms with E-state index in [4.69, 9.17) is 11.6 Å². The molecule has 1 atom stereocenters. The maximum atomic E-state index is 13.3. The molecule has 1 aromatic heterocycles. The second-order valence-electron chi connectivity index (χ2n) is 6.29. The van der Waals surface area contributed by atoms with Gasteiger partial charge in [-0.15, -0.1) is 0 Å². The molecule has 0 spiro atoms. The lowest BCUT2D eigenvalue weighted by Gasteiger charge is -2.19. The van der Waals surface area contributed by atoms with Crippen molar-refractivity contribution >= 4 is 34.2 Å². The van der Waals surface area contributed by atoms with Crippen LogP contribution in [0.15, 0.2) is 47.3 Å². The van der Waals surface area contributed by atoms with Crippen LogP contribution in [-0.2, 0) is 0 Å². The normalized spacial score (nSPS) is 12.0. The zero-order chi connectivity index (χ0) is 20.3.